The van der Waals surface area contributed by atoms with E-state index < -0.39 is 10.8 Å². The number of aromatic nitrogens is 2. The molecule has 0 spiro atoms. The molecule has 7 nitrogen and oxygen atoms in total. The molecule has 1 saturated heterocycles. The minimum Gasteiger partial charge on any atom is -0.490 e. The third-order valence-corrected chi connectivity index (χ3v) is 8.35. The molecule has 35 heavy (non-hydrogen) atoms. The van der Waals surface area contributed by atoms with Gasteiger partial charge in [0, 0.05) is 50.5 Å². The zero-order chi connectivity index (χ0) is 24.7. The maximum absolute atomic E-state index is 13.0. The van der Waals surface area contributed by atoms with Crippen LogP contribution in [0.25, 0.3) is 10.8 Å². The van der Waals surface area contributed by atoms with E-state index in [4.69, 9.17) is 9.84 Å². The smallest absolute Gasteiger partial charge is 0.324 e. The highest BCUT2D eigenvalue weighted by Gasteiger charge is 2.30. The molecule has 3 aromatic rings. The van der Waals surface area contributed by atoms with Crippen molar-refractivity contribution in [1.82, 2.24) is 9.78 Å². The largest absolute Gasteiger partial charge is 0.490 e. The molecule has 2 aromatic carbocycles. The number of urea groups is 1. The molecule has 3 atom stereocenters. The maximum Gasteiger partial charge on any atom is 0.324 e. The lowest BCUT2D eigenvalue weighted by molar-refractivity contribution is 0.166. The first-order valence-electron chi connectivity index (χ1n) is 12.4. The van der Waals surface area contributed by atoms with Gasteiger partial charge >= 0.3 is 6.03 Å². The second kappa shape index (κ2) is 9.30. The fraction of sp³-hybridized carbons (Fsp3) is 0.481. The van der Waals surface area contributed by atoms with Gasteiger partial charge in [0.2, 0.25) is 0 Å². The predicted molar refractivity (Wildman–Crippen MR) is 142 cm³/mol. The highest BCUT2D eigenvalue weighted by atomic mass is 32.2. The number of hydrogen-bond donors (Lipinski definition) is 2. The molecule has 3 unspecified atom stereocenters. The molecular formula is C27H34N4O3S. The summed E-state index contributed by atoms with van der Waals surface area (Å²) in [5.41, 5.74) is 1.59. The second-order valence-electron chi connectivity index (χ2n) is 10.8. The van der Waals surface area contributed by atoms with Crippen LogP contribution >= 0.6 is 0 Å². The van der Waals surface area contributed by atoms with Gasteiger partial charge in [0.05, 0.1) is 23.5 Å². The normalized spacial score (nSPS) is 21.1. The van der Waals surface area contributed by atoms with Gasteiger partial charge in [0.15, 0.2) is 0 Å². The Morgan fingerprint density at radius 3 is 2.51 bits per heavy atom. The number of benzene rings is 2. The van der Waals surface area contributed by atoms with Crippen LogP contribution in [-0.4, -0.2) is 37.6 Å². The standard InChI is InChI=1S/C27H34N4O3S/c1-17(18-13-14-35(33)16-18)34-23-12-11-22(20-7-5-6-8-21(20)23)28-26(32)29-25-15-24(27(2,3)4)30-31(25)19-9-10-19/h5-8,11-12,15,17-19H,9-10,13-14,16H2,1-4H3,(H2,28,29,32). The summed E-state index contributed by atoms with van der Waals surface area (Å²) < 4.78 is 20.1. The van der Waals surface area contributed by atoms with Gasteiger partial charge in [-0.3, -0.25) is 9.53 Å². The Bertz CT molecular complexity index is 1280. The summed E-state index contributed by atoms with van der Waals surface area (Å²) in [5, 5.41) is 12.7. The van der Waals surface area contributed by atoms with Crippen molar-refractivity contribution in [3.63, 3.8) is 0 Å². The van der Waals surface area contributed by atoms with E-state index in [2.05, 4.69) is 38.3 Å². The first-order valence-corrected chi connectivity index (χ1v) is 13.9. The van der Waals surface area contributed by atoms with E-state index in [1.165, 1.54) is 0 Å². The Balaban J connectivity index is 1.35. The number of nitrogens with zero attached hydrogens (tertiary/aromatic N) is 2. The van der Waals surface area contributed by atoms with Crippen LogP contribution < -0.4 is 15.4 Å². The van der Waals surface area contributed by atoms with E-state index in [1.807, 2.05) is 47.1 Å². The molecule has 1 aromatic heterocycles. The highest BCUT2D eigenvalue weighted by Crippen LogP contribution is 2.39. The van der Waals surface area contributed by atoms with Gasteiger partial charge < -0.3 is 10.1 Å². The lowest BCUT2D eigenvalue weighted by Crippen LogP contribution is -2.24. The Hall–Kier alpha value is -2.87. The number of amides is 2. The molecule has 8 heteroatoms. The third kappa shape index (κ3) is 5.22. The molecule has 0 bridgehead atoms. The lowest BCUT2D eigenvalue weighted by Gasteiger charge is -2.22. The van der Waals surface area contributed by atoms with Gasteiger partial charge in [-0.05, 0) is 38.3 Å². The summed E-state index contributed by atoms with van der Waals surface area (Å²) in [6.45, 7) is 8.42. The molecular weight excluding hydrogens is 460 g/mol. The van der Waals surface area contributed by atoms with Crippen molar-refractivity contribution in [2.24, 2.45) is 5.92 Å². The summed E-state index contributed by atoms with van der Waals surface area (Å²) in [4.78, 5) is 13.0. The van der Waals surface area contributed by atoms with E-state index in [-0.39, 0.29) is 17.6 Å². The van der Waals surface area contributed by atoms with E-state index >= 15 is 0 Å². The van der Waals surface area contributed by atoms with E-state index in [0.29, 0.717) is 23.4 Å². The number of rotatable bonds is 6. The maximum atomic E-state index is 13.0. The van der Waals surface area contributed by atoms with Crippen molar-refractivity contribution < 1.29 is 13.7 Å². The van der Waals surface area contributed by atoms with Gasteiger partial charge in [0.1, 0.15) is 11.6 Å². The van der Waals surface area contributed by atoms with Crippen molar-refractivity contribution >= 4 is 39.1 Å². The topological polar surface area (TPSA) is 85.2 Å². The quantitative estimate of drug-likeness (QED) is 0.450. The highest BCUT2D eigenvalue weighted by molar-refractivity contribution is 7.85. The number of carbonyl (C=O) groups excluding carboxylic acids is 1. The van der Waals surface area contributed by atoms with Crippen LogP contribution in [0.15, 0.2) is 42.5 Å². The molecule has 186 valence electrons. The van der Waals surface area contributed by atoms with Crippen LogP contribution in [0.3, 0.4) is 0 Å². The van der Waals surface area contributed by atoms with Crippen molar-refractivity contribution in [3.8, 4) is 5.75 Å². The van der Waals surface area contributed by atoms with Crippen LogP contribution in [0, 0.1) is 5.92 Å². The first kappa shape index (κ1) is 23.9. The molecule has 1 saturated carbocycles. The van der Waals surface area contributed by atoms with Gasteiger partial charge in [-0.1, -0.05) is 45.0 Å². The fourth-order valence-electron chi connectivity index (χ4n) is 4.56. The number of anilines is 2. The zero-order valence-corrected chi connectivity index (χ0v) is 21.7. The van der Waals surface area contributed by atoms with Crippen molar-refractivity contribution in [2.45, 2.75) is 64.5 Å². The van der Waals surface area contributed by atoms with Crippen LogP contribution in [0.2, 0.25) is 0 Å². The minimum atomic E-state index is -0.731. The lowest BCUT2D eigenvalue weighted by atomic mass is 9.92. The Labute approximate surface area is 209 Å². The molecule has 2 heterocycles. The number of carbonyl (C=O) groups is 1. The summed E-state index contributed by atoms with van der Waals surface area (Å²) in [6.07, 6.45) is 3.08. The van der Waals surface area contributed by atoms with Gasteiger partial charge in [-0.15, -0.1) is 0 Å². The molecule has 2 amide bonds. The summed E-state index contributed by atoms with van der Waals surface area (Å²) >= 11 is 0. The Kier molecular flexibility index (Phi) is 6.34. The molecule has 2 fully saturated rings. The van der Waals surface area contributed by atoms with Gasteiger partial charge in [-0.25, -0.2) is 9.48 Å². The predicted octanol–water partition coefficient (Wildman–Crippen LogP) is 5.85. The SMILES string of the molecule is CC(Oc1ccc(NC(=O)Nc2cc(C(C)(C)C)nn2C2CC2)c2ccccc12)C1CCS(=O)C1. The van der Waals surface area contributed by atoms with Crippen LogP contribution in [0.4, 0.5) is 16.3 Å². The van der Waals surface area contributed by atoms with Gasteiger partial charge in [-0.2, -0.15) is 5.10 Å². The average Bonchev–Trinajstić information content (AvgIpc) is 3.41. The molecule has 1 aliphatic carbocycles. The summed E-state index contributed by atoms with van der Waals surface area (Å²) in [5.74, 6) is 3.26. The fourth-order valence-corrected chi connectivity index (χ4v) is 6.21. The summed E-state index contributed by atoms with van der Waals surface area (Å²) in [6, 6.07) is 13.7. The number of ether oxygens (including phenoxy) is 1. The van der Waals surface area contributed by atoms with Crippen LogP contribution in [0.1, 0.15) is 58.7 Å². The van der Waals surface area contributed by atoms with Gasteiger partial charge in [0.25, 0.3) is 0 Å². The Morgan fingerprint density at radius 2 is 1.86 bits per heavy atom. The minimum absolute atomic E-state index is 0.0216. The monoisotopic (exact) mass is 494 g/mol. The van der Waals surface area contributed by atoms with Crippen LogP contribution in [-0.2, 0) is 16.2 Å². The zero-order valence-electron chi connectivity index (χ0n) is 20.8. The third-order valence-electron chi connectivity index (χ3n) is 6.86. The summed E-state index contributed by atoms with van der Waals surface area (Å²) in [7, 11) is -0.731. The number of hydrogen-bond acceptors (Lipinski definition) is 4. The van der Waals surface area contributed by atoms with Crippen molar-refractivity contribution in [3.05, 3.63) is 48.2 Å². The van der Waals surface area contributed by atoms with E-state index in [0.717, 1.165) is 53.0 Å². The van der Waals surface area contributed by atoms with Crippen LogP contribution in [0.5, 0.6) is 5.75 Å². The molecule has 2 N–H and O–H groups in total. The molecule has 1 aliphatic heterocycles. The average molecular weight is 495 g/mol. The van der Waals surface area contributed by atoms with E-state index in [9.17, 15) is 9.00 Å². The van der Waals surface area contributed by atoms with E-state index in [1.54, 1.807) is 0 Å². The second-order valence-corrected chi connectivity index (χ2v) is 12.4. The number of fused-ring (bicyclic) bond motifs is 1. The number of nitrogens with one attached hydrogen (secondary N) is 2. The van der Waals surface area contributed by atoms with Crippen molar-refractivity contribution in [1.29, 1.82) is 0 Å². The van der Waals surface area contributed by atoms with Crippen molar-refractivity contribution in [2.75, 3.05) is 22.1 Å². The molecule has 0 radical (unpaired) electrons. The molecule has 2 aliphatic rings. The Morgan fingerprint density at radius 1 is 1.11 bits per heavy atom. The first-order chi connectivity index (χ1) is 16.7. The molecule has 5 rings (SSSR count).